The molecule has 1 aromatic carbocycles. The maximum absolute atomic E-state index is 12.0. The number of hydrogen-bond acceptors (Lipinski definition) is 5. The van der Waals surface area contributed by atoms with Gasteiger partial charge in [0.2, 0.25) is 0 Å². The first-order chi connectivity index (χ1) is 12.8. The lowest BCUT2D eigenvalue weighted by Crippen LogP contribution is -2.43. The molecule has 0 unspecified atom stereocenters. The fourth-order valence-electron chi connectivity index (χ4n) is 2.66. The van der Waals surface area contributed by atoms with Crippen molar-refractivity contribution in [3.05, 3.63) is 23.8 Å². The Kier molecular flexibility index (Phi) is 16.1. The molecule has 29 heavy (non-hydrogen) atoms. The molecule has 0 aliphatic heterocycles. The zero-order chi connectivity index (χ0) is 20.3. The Morgan fingerprint density at radius 3 is 2.24 bits per heavy atom. The van der Waals surface area contributed by atoms with Crippen LogP contribution in [0.1, 0.15) is 47.1 Å². The van der Waals surface area contributed by atoms with Crippen LogP contribution in [0.2, 0.25) is 0 Å². The van der Waals surface area contributed by atoms with Crippen LogP contribution < -0.4 is 20.1 Å². The number of nitrogens with one attached hydrogen (secondary N) is 2. The molecule has 0 saturated carbocycles. The standard InChI is InChI=1S/C21H37N3O3.2ClH/c1-7-24(8-2)13-12-22-15-17-10-11-18(19(14-17)26-9-3)27-16-20(25)23-21(4,5)6;;/h10-11,14,22H,7-9,12-13,15-16H2,1-6H3,(H,23,25);2*1H. The van der Waals surface area contributed by atoms with Crippen LogP contribution in [0, 0.1) is 0 Å². The van der Waals surface area contributed by atoms with E-state index in [0.717, 1.165) is 38.3 Å². The van der Waals surface area contributed by atoms with Gasteiger partial charge in [-0.05, 0) is 58.5 Å². The van der Waals surface area contributed by atoms with Gasteiger partial charge >= 0.3 is 0 Å². The lowest BCUT2D eigenvalue weighted by molar-refractivity contribution is -0.124. The Morgan fingerprint density at radius 1 is 1.03 bits per heavy atom. The van der Waals surface area contributed by atoms with Crippen molar-refractivity contribution in [2.45, 2.75) is 53.6 Å². The van der Waals surface area contributed by atoms with E-state index in [2.05, 4.69) is 29.4 Å². The SMILES string of the molecule is CCOc1cc(CNCCN(CC)CC)ccc1OCC(=O)NC(C)(C)C.Cl.Cl. The van der Waals surface area contributed by atoms with E-state index in [1.807, 2.05) is 45.9 Å². The molecule has 0 aliphatic rings. The Bertz CT molecular complexity index is 577. The van der Waals surface area contributed by atoms with E-state index in [4.69, 9.17) is 9.47 Å². The van der Waals surface area contributed by atoms with Gasteiger partial charge < -0.3 is 25.0 Å². The first kappa shape index (κ1) is 30.0. The van der Waals surface area contributed by atoms with Gasteiger partial charge in [0.15, 0.2) is 18.1 Å². The highest BCUT2D eigenvalue weighted by Gasteiger charge is 2.15. The monoisotopic (exact) mass is 451 g/mol. The van der Waals surface area contributed by atoms with Gasteiger partial charge in [0.1, 0.15) is 0 Å². The number of nitrogens with zero attached hydrogens (tertiary/aromatic N) is 1. The number of rotatable bonds is 12. The smallest absolute Gasteiger partial charge is 0.258 e. The molecule has 1 amide bonds. The number of halogens is 2. The van der Waals surface area contributed by atoms with Gasteiger partial charge in [0, 0.05) is 25.2 Å². The molecule has 2 N–H and O–H groups in total. The summed E-state index contributed by atoms with van der Waals surface area (Å²) in [5.74, 6) is 1.11. The molecule has 170 valence electrons. The molecule has 0 heterocycles. The molecule has 0 saturated heterocycles. The van der Waals surface area contributed by atoms with Gasteiger partial charge in [0.25, 0.3) is 5.91 Å². The highest BCUT2D eigenvalue weighted by atomic mass is 35.5. The number of likely N-dealkylation sites (N-methyl/N-ethyl adjacent to an activating group) is 1. The molecule has 0 spiro atoms. The van der Waals surface area contributed by atoms with Crippen LogP contribution in [-0.2, 0) is 11.3 Å². The normalized spacial score (nSPS) is 10.7. The number of ether oxygens (including phenoxy) is 2. The molecule has 0 aliphatic carbocycles. The van der Waals surface area contributed by atoms with Crippen molar-refractivity contribution >= 4 is 30.7 Å². The first-order valence-corrected chi connectivity index (χ1v) is 9.91. The van der Waals surface area contributed by atoms with Crippen LogP contribution in [-0.4, -0.2) is 55.7 Å². The summed E-state index contributed by atoms with van der Waals surface area (Å²) in [6.45, 7) is 17.5. The summed E-state index contributed by atoms with van der Waals surface area (Å²) >= 11 is 0. The first-order valence-electron chi connectivity index (χ1n) is 9.91. The van der Waals surface area contributed by atoms with Gasteiger partial charge in [-0.2, -0.15) is 0 Å². The van der Waals surface area contributed by atoms with Crippen molar-refractivity contribution in [1.29, 1.82) is 0 Å². The molecule has 8 heteroatoms. The molecule has 1 aromatic rings. The van der Waals surface area contributed by atoms with Crippen molar-refractivity contribution in [3.63, 3.8) is 0 Å². The lowest BCUT2D eigenvalue weighted by Gasteiger charge is -2.21. The third-order valence-corrected chi connectivity index (χ3v) is 4.01. The minimum Gasteiger partial charge on any atom is -0.490 e. The number of carbonyl (C=O) groups is 1. The van der Waals surface area contributed by atoms with Crippen molar-refractivity contribution in [2.75, 3.05) is 39.4 Å². The highest BCUT2D eigenvalue weighted by Crippen LogP contribution is 2.28. The van der Waals surface area contributed by atoms with Crippen LogP contribution >= 0.6 is 24.8 Å². The van der Waals surface area contributed by atoms with Crippen molar-refractivity contribution in [1.82, 2.24) is 15.5 Å². The van der Waals surface area contributed by atoms with E-state index in [0.29, 0.717) is 18.1 Å². The lowest BCUT2D eigenvalue weighted by atomic mass is 10.1. The van der Waals surface area contributed by atoms with E-state index in [1.54, 1.807) is 0 Å². The van der Waals surface area contributed by atoms with E-state index in [1.165, 1.54) is 0 Å². The van der Waals surface area contributed by atoms with E-state index in [-0.39, 0.29) is 42.9 Å². The zero-order valence-electron chi connectivity index (χ0n) is 18.7. The molecule has 0 aromatic heterocycles. The highest BCUT2D eigenvalue weighted by molar-refractivity contribution is 5.85. The average molecular weight is 452 g/mol. The number of carbonyl (C=O) groups excluding carboxylic acids is 1. The maximum atomic E-state index is 12.0. The average Bonchev–Trinajstić information content (AvgIpc) is 2.60. The predicted octanol–water partition coefficient (Wildman–Crippen LogP) is 3.65. The van der Waals surface area contributed by atoms with Gasteiger partial charge in [-0.25, -0.2) is 0 Å². The molecule has 0 fully saturated rings. The summed E-state index contributed by atoms with van der Waals surface area (Å²) in [6, 6.07) is 5.85. The van der Waals surface area contributed by atoms with E-state index < -0.39 is 0 Å². The van der Waals surface area contributed by atoms with Gasteiger partial charge in [-0.15, -0.1) is 24.8 Å². The van der Waals surface area contributed by atoms with Crippen molar-refractivity contribution in [2.24, 2.45) is 0 Å². The summed E-state index contributed by atoms with van der Waals surface area (Å²) in [5, 5.41) is 6.35. The van der Waals surface area contributed by atoms with E-state index in [9.17, 15) is 4.79 Å². The molecule has 6 nitrogen and oxygen atoms in total. The van der Waals surface area contributed by atoms with Crippen LogP contribution in [0.5, 0.6) is 11.5 Å². The fourth-order valence-corrected chi connectivity index (χ4v) is 2.66. The second kappa shape index (κ2) is 15.6. The summed E-state index contributed by atoms with van der Waals surface area (Å²) in [7, 11) is 0. The Hall–Kier alpha value is -1.21. The second-order valence-electron chi connectivity index (χ2n) is 7.50. The second-order valence-corrected chi connectivity index (χ2v) is 7.50. The molecule has 0 bridgehead atoms. The fraction of sp³-hybridized carbons (Fsp3) is 0.667. The van der Waals surface area contributed by atoms with Gasteiger partial charge in [-0.3, -0.25) is 4.79 Å². The van der Waals surface area contributed by atoms with Crippen LogP contribution in [0.3, 0.4) is 0 Å². The Morgan fingerprint density at radius 2 is 1.69 bits per heavy atom. The molecule has 0 atom stereocenters. The predicted molar refractivity (Wildman–Crippen MR) is 125 cm³/mol. The van der Waals surface area contributed by atoms with E-state index >= 15 is 0 Å². The van der Waals surface area contributed by atoms with Gasteiger partial charge in [0.05, 0.1) is 6.61 Å². The minimum atomic E-state index is -0.274. The summed E-state index contributed by atoms with van der Waals surface area (Å²) < 4.78 is 11.4. The Balaban J connectivity index is 0. The van der Waals surface area contributed by atoms with Crippen molar-refractivity contribution < 1.29 is 14.3 Å². The van der Waals surface area contributed by atoms with Crippen molar-refractivity contribution in [3.8, 4) is 11.5 Å². The van der Waals surface area contributed by atoms with Crippen LogP contribution in [0.4, 0.5) is 0 Å². The number of amides is 1. The summed E-state index contributed by atoms with van der Waals surface area (Å²) in [6.07, 6.45) is 0. The Labute approximate surface area is 188 Å². The van der Waals surface area contributed by atoms with Gasteiger partial charge in [-0.1, -0.05) is 19.9 Å². The molecule has 1 rings (SSSR count). The maximum Gasteiger partial charge on any atom is 0.258 e. The molecular weight excluding hydrogens is 413 g/mol. The topological polar surface area (TPSA) is 62.8 Å². The van der Waals surface area contributed by atoms with Crippen LogP contribution in [0.25, 0.3) is 0 Å². The van der Waals surface area contributed by atoms with Crippen LogP contribution in [0.15, 0.2) is 18.2 Å². The summed E-state index contributed by atoms with van der Waals surface area (Å²) in [5.41, 5.74) is 0.855. The molecular formula is C21H39Cl2N3O3. The third kappa shape index (κ3) is 12.9. The number of benzene rings is 1. The quantitative estimate of drug-likeness (QED) is 0.474. The minimum absolute atomic E-state index is 0. The number of hydrogen-bond donors (Lipinski definition) is 2. The summed E-state index contributed by atoms with van der Waals surface area (Å²) in [4.78, 5) is 14.3. The zero-order valence-corrected chi connectivity index (χ0v) is 20.3. The largest absolute Gasteiger partial charge is 0.490 e. The third-order valence-electron chi connectivity index (χ3n) is 4.01. The molecule has 0 radical (unpaired) electrons.